The van der Waals surface area contributed by atoms with Crippen LogP contribution < -0.4 is 11.0 Å². The number of amides is 1. The summed E-state index contributed by atoms with van der Waals surface area (Å²) in [4.78, 5) is 36.3. The molecule has 0 fully saturated rings. The van der Waals surface area contributed by atoms with Gasteiger partial charge in [-0.25, -0.2) is 0 Å². The Kier molecular flexibility index (Phi) is 5.41. The van der Waals surface area contributed by atoms with Gasteiger partial charge in [0.2, 0.25) is 5.88 Å². The molecule has 0 unspecified atom stereocenters. The van der Waals surface area contributed by atoms with Crippen molar-refractivity contribution in [3.05, 3.63) is 105 Å². The van der Waals surface area contributed by atoms with Gasteiger partial charge in [0.05, 0.1) is 4.92 Å². The maximum atomic E-state index is 13.1. The molecule has 158 valence electrons. The lowest BCUT2D eigenvalue weighted by Crippen LogP contribution is -2.33. The fraction of sp³-hybridized carbons (Fsp3) is 0. The fourth-order valence-corrected chi connectivity index (χ4v) is 3.09. The molecule has 0 bridgehead atoms. The Morgan fingerprint density at radius 2 is 1.53 bits per heavy atom. The van der Waals surface area contributed by atoms with E-state index in [1.807, 2.05) is 0 Å². The molecule has 0 saturated heterocycles. The molecular formula is C22H15N5O5. The molecule has 0 aliphatic heterocycles. The summed E-state index contributed by atoms with van der Waals surface area (Å²) in [5.41, 5.74) is 1.25. The molecule has 4 rings (SSSR count). The molecule has 10 nitrogen and oxygen atoms in total. The molecule has 0 atom stereocenters. The van der Waals surface area contributed by atoms with E-state index >= 15 is 0 Å². The molecule has 3 aromatic carbocycles. The number of pyridine rings is 1. The normalized spacial score (nSPS) is 11.0. The first-order valence-electron chi connectivity index (χ1n) is 9.35. The number of hydrogen-bond donors (Lipinski definition) is 2. The molecule has 32 heavy (non-hydrogen) atoms. The summed E-state index contributed by atoms with van der Waals surface area (Å²) in [6.07, 6.45) is 0. The second-order valence-corrected chi connectivity index (χ2v) is 6.61. The van der Waals surface area contributed by atoms with E-state index in [4.69, 9.17) is 0 Å². The highest BCUT2D eigenvalue weighted by Gasteiger charge is 2.19. The zero-order chi connectivity index (χ0) is 22.7. The number of benzene rings is 3. The van der Waals surface area contributed by atoms with Crippen LogP contribution in [0.5, 0.6) is 5.88 Å². The van der Waals surface area contributed by atoms with E-state index < -0.39 is 22.3 Å². The van der Waals surface area contributed by atoms with Crippen molar-refractivity contribution in [3.63, 3.8) is 0 Å². The zero-order valence-corrected chi connectivity index (χ0v) is 16.4. The van der Waals surface area contributed by atoms with Crippen LogP contribution >= 0.6 is 0 Å². The molecule has 0 aliphatic carbocycles. The Morgan fingerprint density at radius 3 is 2.25 bits per heavy atom. The molecule has 10 heteroatoms. The lowest BCUT2D eigenvalue weighted by atomic mass is 10.1. The predicted octanol–water partition coefficient (Wildman–Crippen LogP) is 4.41. The van der Waals surface area contributed by atoms with Gasteiger partial charge in [-0.2, -0.15) is 4.68 Å². The van der Waals surface area contributed by atoms with Crippen molar-refractivity contribution >= 4 is 33.7 Å². The van der Waals surface area contributed by atoms with Gasteiger partial charge in [-0.05, 0) is 24.3 Å². The third-order valence-electron chi connectivity index (χ3n) is 4.63. The van der Waals surface area contributed by atoms with Crippen LogP contribution in [0.2, 0.25) is 0 Å². The van der Waals surface area contributed by atoms with Gasteiger partial charge in [0.1, 0.15) is 0 Å². The highest BCUT2D eigenvalue weighted by Crippen LogP contribution is 2.32. The maximum absolute atomic E-state index is 13.1. The van der Waals surface area contributed by atoms with Crippen molar-refractivity contribution in [2.45, 2.75) is 0 Å². The van der Waals surface area contributed by atoms with E-state index in [1.165, 1.54) is 18.2 Å². The van der Waals surface area contributed by atoms with Gasteiger partial charge < -0.3 is 5.11 Å². The van der Waals surface area contributed by atoms with Crippen molar-refractivity contribution in [3.8, 4) is 5.88 Å². The first-order valence-corrected chi connectivity index (χ1v) is 9.35. The lowest BCUT2D eigenvalue weighted by Gasteiger charge is -2.13. The summed E-state index contributed by atoms with van der Waals surface area (Å²) in [6, 6.07) is 20.2. The number of aromatic nitrogens is 1. The second kappa shape index (κ2) is 8.48. The molecule has 1 amide bonds. The number of carbonyl (C=O) groups is 1. The Morgan fingerprint density at radius 1 is 0.906 bits per heavy atom. The number of carbonyl (C=O) groups excluding carboxylic acids is 1. The maximum Gasteiger partial charge on any atom is 0.300 e. The number of fused-ring (bicyclic) bond motifs is 1. The number of nitro groups is 1. The summed E-state index contributed by atoms with van der Waals surface area (Å²) >= 11 is 0. The molecule has 2 N–H and O–H groups in total. The Bertz CT molecular complexity index is 1430. The standard InChI is InChI=1S/C22H15N5O5/c28-20(14-8-2-1-3-9-14)25-26-21(29)16-11-5-4-10-15(16)19(22(26)30)24-23-17-12-6-7-13-18(17)27(31)32/h1-13,29H,(H,25,28). The molecule has 0 radical (unpaired) electrons. The van der Waals surface area contributed by atoms with Crippen molar-refractivity contribution < 1.29 is 14.8 Å². The second-order valence-electron chi connectivity index (χ2n) is 6.61. The lowest BCUT2D eigenvalue weighted by molar-refractivity contribution is -0.384. The Labute approximate surface area is 180 Å². The van der Waals surface area contributed by atoms with Crippen molar-refractivity contribution in [1.82, 2.24) is 4.68 Å². The number of aromatic hydroxyl groups is 1. The third-order valence-corrected chi connectivity index (χ3v) is 4.63. The summed E-state index contributed by atoms with van der Waals surface area (Å²) in [7, 11) is 0. The zero-order valence-electron chi connectivity index (χ0n) is 16.4. The van der Waals surface area contributed by atoms with Crippen LogP contribution in [0.1, 0.15) is 10.4 Å². The van der Waals surface area contributed by atoms with Crippen molar-refractivity contribution in [1.29, 1.82) is 0 Å². The highest BCUT2D eigenvalue weighted by molar-refractivity contribution is 6.01. The minimum Gasteiger partial charge on any atom is -0.493 e. The molecule has 1 aromatic heterocycles. The van der Waals surface area contributed by atoms with E-state index in [0.717, 1.165) is 0 Å². The van der Waals surface area contributed by atoms with Crippen LogP contribution in [0.25, 0.3) is 10.8 Å². The molecule has 4 aromatic rings. The monoisotopic (exact) mass is 429 g/mol. The molecule has 1 heterocycles. The number of hydrogen-bond acceptors (Lipinski definition) is 7. The summed E-state index contributed by atoms with van der Waals surface area (Å²) in [6.45, 7) is 0. The van der Waals surface area contributed by atoms with Gasteiger partial charge in [0, 0.05) is 22.4 Å². The van der Waals surface area contributed by atoms with Crippen LogP contribution in [0.15, 0.2) is 93.9 Å². The largest absolute Gasteiger partial charge is 0.493 e. The smallest absolute Gasteiger partial charge is 0.300 e. The first kappa shape index (κ1) is 20.4. The van der Waals surface area contributed by atoms with E-state index in [2.05, 4.69) is 15.7 Å². The number of nitrogens with zero attached hydrogens (tertiary/aromatic N) is 4. The third kappa shape index (κ3) is 3.79. The van der Waals surface area contributed by atoms with E-state index in [9.17, 15) is 24.8 Å². The first-order chi connectivity index (χ1) is 15.5. The van der Waals surface area contributed by atoms with E-state index in [-0.39, 0.29) is 33.4 Å². The molecular weight excluding hydrogens is 414 g/mol. The number of para-hydroxylation sites is 1. The minimum absolute atomic E-state index is 0.0473. The topological polar surface area (TPSA) is 139 Å². The van der Waals surface area contributed by atoms with Gasteiger partial charge in [0.15, 0.2) is 11.4 Å². The quantitative estimate of drug-likeness (QED) is 0.275. The number of azo groups is 1. The average molecular weight is 429 g/mol. The molecule has 0 spiro atoms. The summed E-state index contributed by atoms with van der Waals surface area (Å²) < 4.78 is 0.672. The van der Waals surface area contributed by atoms with Gasteiger partial charge in [0.25, 0.3) is 11.6 Å². The van der Waals surface area contributed by atoms with Crippen molar-refractivity contribution in [2.24, 2.45) is 10.2 Å². The van der Waals surface area contributed by atoms with Gasteiger partial charge in [-0.3, -0.25) is 25.1 Å². The summed E-state index contributed by atoms with van der Waals surface area (Å²) in [5.74, 6) is -1.11. The van der Waals surface area contributed by atoms with E-state index in [0.29, 0.717) is 4.68 Å². The van der Waals surface area contributed by atoms with Crippen molar-refractivity contribution in [2.75, 3.05) is 5.43 Å². The number of rotatable bonds is 5. The average Bonchev–Trinajstić information content (AvgIpc) is 2.82. The molecule has 0 aliphatic rings. The fourth-order valence-electron chi connectivity index (χ4n) is 3.09. The SMILES string of the molecule is O=C(Nn1c(O)c2ccccc2c(N=Nc2ccccc2[N+](=O)[O-])c1=O)c1ccccc1. The predicted molar refractivity (Wildman–Crippen MR) is 117 cm³/mol. The van der Waals surface area contributed by atoms with Crippen LogP contribution in [-0.4, -0.2) is 20.6 Å². The van der Waals surface area contributed by atoms with Crippen LogP contribution in [0.3, 0.4) is 0 Å². The van der Waals surface area contributed by atoms with Gasteiger partial charge in [-0.1, -0.05) is 48.5 Å². The number of nitrogens with one attached hydrogen (secondary N) is 1. The van der Waals surface area contributed by atoms with Crippen LogP contribution in [-0.2, 0) is 0 Å². The Balaban J connectivity index is 1.85. The minimum atomic E-state index is -0.854. The van der Waals surface area contributed by atoms with Crippen LogP contribution in [0, 0.1) is 10.1 Å². The van der Waals surface area contributed by atoms with Crippen LogP contribution in [0.4, 0.5) is 17.1 Å². The van der Waals surface area contributed by atoms with E-state index in [1.54, 1.807) is 60.7 Å². The molecule has 0 saturated carbocycles. The summed E-state index contributed by atoms with van der Waals surface area (Å²) in [5, 5.41) is 30.2. The highest BCUT2D eigenvalue weighted by atomic mass is 16.6. The Hall–Kier alpha value is -4.86. The van der Waals surface area contributed by atoms with Gasteiger partial charge in [-0.15, -0.1) is 10.2 Å². The van der Waals surface area contributed by atoms with Gasteiger partial charge >= 0.3 is 5.56 Å². The number of nitro benzene ring substituents is 1.